The number of rotatable bonds is 2. The van der Waals surface area contributed by atoms with Gasteiger partial charge in [0.15, 0.2) is 10.2 Å². The van der Waals surface area contributed by atoms with Crippen molar-refractivity contribution in [2.45, 2.75) is 0 Å². The zero-order valence-corrected chi connectivity index (χ0v) is 12.1. The molecule has 0 spiro atoms. The van der Waals surface area contributed by atoms with Crippen molar-refractivity contribution in [1.82, 2.24) is 9.97 Å². The molecule has 0 unspecified atom stereocenters. The highest BCUT2D eigenvalue weighted by atomic mass is 32.1. The van der Waals surface area contributed by atoms with Crippen LogP contribution in [0, 0.1) is 0 Å². The van der Waals surface area contributed by atoms with Gasteiger partial charge in [0.25, 0.3) is 0 Å². The molecule has 0 amide bonds. The van der Waals surface area contributed by atoms with E-state index >= 15 is 0 Å². The van der Waals surface area contributed by atoms with E-state index < -0.39 is 0 Å². The molecule has 0 bridgehead atoms. The molecule has 0 aliphatic heterocycles. The van der Waals surface area contributed by atoms with Gasteiger partial charge in [0.2, 0.25) is 0 Å². The van der Waals surface area contributed by atoms with Crippen molar-refractivity contribution in [2.75, 3.05) is 10.6 Å². The Kier molecular flexibility index (Phi) is 6.87. The number of anilines is 2. The zero-order chi connectivity index (χ0) is 14.8. The SMILES string of the molecule is NC(=S)Nc1ccccn1.NC(=S)Nc1ccccn1. The van der Waals surface area contributed by atoms with E-state index in [1.807, 2.05) is 24.3 Å². The van der Waals surface area contributed by atoms with Crippen LogP contribution in [-0.4, -0.2) is 20.2 Å². The summed E-state index contributed by atoms with van der Waals surface area (Å²) >= 11 is 9.21. The highest BCUT2D eigenvalue weighted by molar-refractivity contribution is 7.80. The van der Waals surface area contributed by atoms with Crippen LogP contribution in [0.15, 0.2) is 48.8 Å². The van der Waals surface area contributed by atoms with Crippen LogP contribution in [0.3, 0.4) is 0 Å². The maximum atomic E-state index is 5.20. The molecule has 8 heteroatoms. The fourth-order valence-corrected chi connectivity index (χ4v) is 1.33. The van der Waals surface area contributed by atoms with Crippen molar-refractivity contribution in [3.63, 3.8) is 0 Å². The molecule has 0 aliphatic rings. The molecule has 0 atom stereocenters. The minimum absolute atomic E-state index is 0.235. The van der Waals surface area contributed by atoms with Crippen LogP contribution < -0.4 is 22.1 Å². The summed E-state index contributed by atoms with van der Waals surface area (Å²) in [4.78, 5) is 7.88. The third-order valence-corrected chi connectivity index (χ3v) is 2.04. The second-order valence-corrected chi connectivity index (χ2v) is 4.29. The lowest BCUT2D eigenvalue weighted by Gasteiger charge is -1.99. The first-order valence-corrected chi connectivity index (χ1v) is 6.34. The van der Waals surface area contributed by atoms with Crippen LogP contribution in [0.1, 0.15) is 0 Å². The van der Waals surface area contributed by atoms with Gasteiger partial charge in [0.05, 0.1) is 0 Å². The number of nitrogens with one attached hydrogen (secondary N) is 2. The van der Waals surface area contributed by atoms with Gasteiger partial charge in [0.1, 0.15) is 11.6 Å². The van der Waals surface area contributed by atoms with Gasteiger partial charge in [-0.25, -0.2) is 9.97 Å². The molecular formula is C12H14N6S2. The van der Waals surface area contributed by atoms with E-state index in [2.05, 4.69) is 45.0 Å². The average Bonchev–Trinajstić information content (AvgIpc) is 2.40. The Hall–Kier alpha value is -2.32. The monoisotopic (exact) mass is 306 g/mol. The molecule has 0 saturated heterocycles. The summed E-state index contributed by atoms with van der Waals surface area (Å²) in [7, 11) is 0. The van der Waals surface area contributed by atoms with Crippen molar-refractivity contribution in [1.29, 1.82) is 0 Å². The van der Waals surface area contributed by atoms with Crippen LogP contribution in [0.2, 0.25) is 0 Å². The van der Waals surface area contributed by atoms with Gasteiger partial charge in [-0.1, -0.05) is 12.1 Å². The number of aromatic nitrogens is 2. The molecular weight excluding hydrogens is 292 g/mol. The summed E-state index contributed by atoms with van der Waals surface area (Å²) in [6.45, 7) is 0. The van der Waals surface area contributed by atoms with E-state index in [0.717, 1.165) is 0 Å². The first kappa shape index (κ1) is 15.7. The molecule has 6 N–H and O–H groups in total. The van der Waals surface area contributed by atoms with E-state index in [9.17, 15) is 0 Å². The van der Waals surface area contributed by atoms with Gasteiger partial charge in [-0.15, -0.1) is 0 Å². The lowest BCUT2D eigenvalue weighted by Crippen LogP contribution is -2.19. The Bertz CT molecular complexity index is 495. The summed E-state index contributed by atoms with van der Waals surface area (Å²) in [6, 6.07) is 10.9. The van der Waals surface area contributed by atoms with Gasteiger partial charge in [-0.3, -0.25) is 0 Å². The van der Waals surface area contributed by atoms with Crippen molar-refractivity contribution >= 4 is 46.3 Å². The van der Waals surface area contributed by atoms with Crippen molar-refractivity contribution in [3.8, 4) is 0 Å². The number of thiocarbonyl (C=S) groups is 2. The average molecular weight is 306 g/mol. The third kappa shape index (κ3) is 7.19. The molecule has 0 radical (unpaired) electrons. The van der Waals surface area contributed by atoms with Crippen LogP contribution in [0.4, 0.5) is 11.6 Å². The van der Waals surface area contributed by atoms with Crippen LogP contribution in [0.5, 0.6) is 0 Å². The molecule has 0 fully saturated rings. The van der Waals surface area contributed by atoms with Crippen LogP contribution in [0.25, 0.3) is 0 Å². The Morgan fingerprint density at radius 1 is 0.800 bits per heavy atom. The predicted molar refractivity (Wildman–Crippen MR) is 89.3 cm³/mol. The minimum Gasteiger partial charge on any atom is -0.376 e. The fourth-order valence-electron chi connectivity index (χ4n) is 1.13. The Morgan fingerprint density at radius 3 is 1.45 bits per heavy atom. The largest absolute Gasteiger partial charge is 0.376 e. The summed E-state index contributed by atoms with van der Waals surface area (Å²) in [5, 5.41) is 5.88. The molecule has 0 aliphatic carbocycles. The third-order valence-electron chi connectivity index (χ3n) is 1.83. The van der Waals surface area contributed by atoms with E-state index in [4.69, 9.17) is 11.5 Å². The molecule has 2 aromatic heterocycles. The van der Waals surface area contributed by atoms with Gasteiger partial charge >= 0.3 is 0 Å². The quantitative estimate of drug-likeness (QED) is 0.619. The molecule has 0 aromatic carbocycles. The fraction of sp³-hybridized carbons (Fsp3) is 0. The van der Waals surface area contributed by atoms with Gasteiger partial charge in [-0.05, 0) is 48.7 Å². The predicted octanol–water partition coefficient (Wildman–Crippen LogP) is 1.47. The lowest BCUT2D eigenvalue weighted by molar-refractivity contribution is 1.32. The van der Waals surface area contributed by atoms with E-state index in [0.29, 0.717) is 11.6 Å². The zero-order valence-electron chi connectivity index (χ0n) is 10.5. The standard InChI is InChI=1S/2C6H7N3S/c2*7-6(10)9-5-3-1-2-4-8-5/h2*1-4H,(H3,7,8,9,10). The normalized spacial score (nSPS) is 8.80. The lowest BCUT2D eigenvalue weighted by atomic mass is 10.5. The molecule has 0 saturated carbocycles. The Labute approximate surface area is 127 Å². The summed E-state index contributed by atoms with van der Waals surface area (Å²) in [5.74, 6) is 1.35. The van der Waals surface area contributed by atoms with Gasteiger partial charge in [-0.2, -0.15) is 0 Å². The Balaban J connectivity index is 0.000000200. The van der Waals surface area contributed by atoms with Crippen LogP contribution >= 0.6 is 24.4 Å². The van der Waals surface area contributed by atoms with Crippen LogP contribution in [-0.2, 0) is 0 Å². The smallest absolute Gasteiger partial charge is 0.169 e. The number of hydrogen-bond donors (Lipinski definition) is 4. The molecule has 2 heterocycles. The Morgan fingerprint density at radius 2 is 1.20 bits per heavy atom. The summed E-state index contributed by atoms with van der Waals surface area (Å²) in [6.07, 6.45) is 3.33. The molecule has 20 heavy (non-hydrogen) atoms. The van der Waals surface area contributed by atoms with Crippen molar-refractivity contribution in [3.05, 3.63) is 48.8 Å². The van der Waals surface area contributed by atoms with Crippen molar-refractivity contribution in [2.24, 2.45) is 11.5 Å². The number of nitrogens with zero attached hydrogens (tertiary/aromatic N) is 2. The second kappa shape index (κ2) is 8.73. The molecule has 6 nitrogen and oxygen atoms in total. The highest BCUT2D eigenvalue weighted by Crippen LogP contribution is 1.98. The van der Waals surface area contributed by atoms with Gasteiger partial charge in [0, 0.05) is 12.4 Å². The first-order valence-electron chi connectivity index (χ1n) is 5.53. The summed E-state index contributed by atoms with van der Waals surface area (Å²) in [5.41, 5.74) is 10.4. The van der Waals surface area contributed by atoms with Gasteiger partial charge < -0.3 is 22.1 Å². The maximum Gasteiger partial charge on any atom is 0.169 e. The van der Waals surface area contributed by atoms with E-state index in [-0.39, 0.29) is 10.2 Å². The minimum atomic E-state index is 0.235. The van der Waals surface area contributed by atoms with E-state index in [1.54, 1.807) is 24.5 Å². The highest BCUT2D eigenvalue weighted by Gasteiger charge is 1.89. The van der Waals surface area contributed by atoms with E-state index in [1.165, 1.54) is 0 Å². The first-order chi connectivity index (χ1) is 9.58. The summed E-state index contributed by atoms with van der Waals surface area (Å²) < 4.78 is 0. The second-order valence-electron chi connectivity index (χ2n) is 3.41. The number of pyridine rings is 2. The number of nitrogens with two attached hydrogens (primary N) is 2. The molecule has 2 aromatic rings. The van der Waals surface area contributed by atoms with Crippen molar-refractivity contribution < 1.29 is 0 Å². The number of hydrogen-bond acceptors (Lipinski definition) is 4. The topological polar surface area (TPSA) is 102 Å². The molecule has 2 rings (SSSR count). The molecule has 104 valence electrons. The maximum absolute atomic E-state index is 5.20.